The van der Waals surface area contributed by atoms with Crippen molar-refractivity contribution in [3.63, 3.8) is 0 Å². The highest BCUT2D eigenvalue weighted by molar-refractivity contribution is 6.16. The minimum absolute atomic E-state index is 0.295. The molecule has 2 heterocycles. The molecule has 0 aliphatic carbocycles. The summed E-state index contributed by atoms with van der Waals surface area (Å²) in [6.07, 6.45) is -2.99. The lowest BCUT2D eigenvalue weighted by Crippen LogP contribution is -2.21. The molecule has 0 spiro atoms. The Morgan fingerprint density at radius 2 is 1.70 bits per heavy atom. The molecule has 7 nitrogen and oxygen atoms in total. The van der Waals surface area contributed by atoms with Gasteiger partial charge >= 0.3 is 12.1 Å². The van der Waals surface area contributed by atoms with Crippen molar-refractivity contribution in [2.45, 2.75) is 20.0 Å². The average molecular weight is 459 g/mol. The Morgan fingerprint density at radius 3 is 2.21 bits per heavy atom. The number of alkyl halides is 3. The van der Waals surface area contributed by atoms with Crippen molar-refractivity contribution in [1.82, 2.24) is 14.5 Å². The van der Waals surface area contributed by atoms with Crippen molar-refractivity contribution in [2.75, 3.05) is 24.7 Å². The number of nitrogen functional groups attached to an aromatic ring is 1. The van der Waals surface area contributed by atoms with Crippen LogP contribution < -0.4 is 10.6 Å². The number of nitrogens with two attached hydrogens (primary N) is 1. The molecule has 0 saturated heterocycles. The summed E-state index contributed by atoms with van der Waals surface area (Å²) in [5.74, 6) is -1.62. The van der Waals surface area contributed by atoms with E-state index in [2.05, 4.69) is 72.0 Å². The largest absolute Gasteiger partial charge is 0.490 e. The fourth-order valence-corrected chi connectivity index (χ4v) is 3.87. The van der Waals surface area contributed by atoms with Crippen molar-refractivity contribution >= 4 is 39.5 Å². The minimum Gasteiger partial charge on any atom is -0.475 e. The molecule has 2 aromatic heterocycles. The number of nitrogens with zero attached hydrogens (tertiary/aromatic N) is 4. The van der Waals surface area contributed by atoms with Crippen LogP contribution in [0.3, 0.4) is 0 Å². The second kappa shape index (κ2) is 8.61. The number of carboxylic acids is 1. The third-order valence-corrected chi connectivity index (χ3v) is 5.23. The van der Waals surface area contributed by atoms with E-state index in [1.807, 2.05) is 19.0 Å². The van der Waals surface area contributed by atoms with Crippen molar-refractivity contribution < 1.29 is 23.1 Å². The van der Waals surface area contributed by atoms with E-state index >= 15 is 0 Å². The molecule has 0 atom stereocenters. The summed E-state index contributed by atoms with van der Waals surface area (Å²) in [4.78, 5) is 19.9. The quantitative estimate of drug-likeness (QED) is 0.452. The second-order valence-electron chi connectivity index (χ2n) is 7.88. The number of fused-ring (bicyclic) bond motifs is 3. The molecule has 3 N–H and O–H groups in total. The third kappa shape index (κ3) is 4.55. The lowest BCUT2D eigenvalue weighted by atomic mass is 9.93. The highest BCUT2D eigenvalue weighted by atomic mass is 19.4. The Kier molecular flexibility index (Phi) is 6.22. The standard InChI is InChI=1S/C21H23N5.C2HF3O2/c1-12-7-6-8-13(2)17(12)15-11-16-18(14-9-10-26(5)19(14)15)20(25(3)4)24-21(22)23-16;3-2(4,5)1(6)7/h6-11H,1-5H3,(H2,22,23,24);(H,6,7). The molecule has 0 radical (unpaired) electrons. The monoisotopic (exact) mass is 459 g/mol. The third-order valence-electron chi connectivity index (χ3n) is 5.23. The smallest absolute Gasteiger partial charge is 0.475 e. The number of halogens is 3. The van der Waals surface area contributed by atoms with Gasteiger partial charge < -0.3 is 20.3 Å². The molecule has 0 aliphatic heterocycles. The fraction of sp³-hybridized carbons (Fsp3) is 0.261. The average Bonchev–Trinajstić information content (AvgIpc) is 3.08. The van der Waals surface area contributed by atoms with E-state index in [-0.39, 0.29) is 0 Å². The topological polar surface area (TPSA) is 97.3 Å². The van der Waals surface area contributed by atoms with Gasteiger partial charge in [0.05, 0.1) is 16.4 Å². The predicted molar refractivity (Wildman–Crippen MR) is 123 cm³/mol. The van der Waals surface area contributed by atoms with Crippen LogP contribution in [0.2, 0.25) is 0 Å². The van der Waals surface area contributed by atoms with Crippen LogP contribution in [0.5, 0.6) is 0 Å². The molecule has 10 heteroatoms. The molecule has 0 amide bonds. The Balaban J connectivity index is 0.000000383. The number of aryl methyl sites for hydroxylation is 3. The summed E-state index contributed by atoms with van der Waals surface area (Å²) in [5, 5.41) is 9.31. The first kappa shape index (κ1) is 23.8. The number of rotatable bonds is 2. The highest BCUT2D eigenvalue weighted by Crippen LogP contribution is 2.40. The number of carbonyl (C=O) groups is 1. The zero-order valence-electron chi connectivity index (χ0n) is 18.8. The number of aliphatic carboxylic acids is 1. The molecule has 0 fully saturated rings. The first-order valence-corrected chi connectivity index (χ1v) is 9.92. The Bertz CT molecular complexity index is 1340. The predicted octanol–water partition coefficient (Wildman–Crippen LogP) is 4.69. The normalized spacial score (nSPS) is 11.4. The van der Waals surface area contributed by atoms with Gasteiger partial charge in [0.25, 0.3) is 0 Å². The first-order valence-electron chi connectivity index (χ1n) is 9.92. The number of hydrogen-bond donors (Lipinski definition) is 2. The van der Waals surface area contributed by atoms with Gasteiger partial charge in [-0.25, -0.2) is 9.78 Å². The number of anilines is 2. The number of benzene rings is 2. The van der Waals surface area contributed by atoms with Gasteiger partial charge in [0.1, 0.15) is 5.82 Å². The van der Waals surface area contributed by atoms with Gasteiger partial charge in [-0.3, -0.25) is 0 Å². The SMILES string of the molecule is Cc1cccc(C)c1-c1cc2nc(N)nc(N(C)C)c2c2ccn(C)c12.O=C(O)C(F)(F)F. The zero-order valence-corrected chi connectivity index (χ0v) is 18.8. The van der Waals surface area contributed by atoms with Crippen LogP contribution in [-0.2, 0) is 11.8 Å². The Hall–Kier alpha value is -3.82. The lowest BCUT2D eigenvalue weighted by molar-refractivity contribution is -0.192. The van der Waals surface area contributed by atoms with Crippen LogP contribution in [0.4, 0.5) is 24.9 Å². The van der Waals surface area contributed by atoms with Crippen LogP contribution in [0.15, 0.2) is 36.5 Å². The second-order valence-corrected chi connectivity index (χ2v) is 7.88. The van der Waals surface area contributed by atoms with Gasteiger partial charge in [0.15, 0.2) is 0 Å². The van der Waals surface area contributed by atoms with E-state index in [1.165, 1.54) is 27.8 Å². The minimum atomic E-state index is -5.08. The van der Waals surface area contributed by atoms with Gasteiger partial charge in [0, 0.05) is 38.3 Å². The maximum absolute atomic E-state index is 10.6. The number of aromatic nitrogens is 3. The maximum Gasteiger partial charge on any atom is 0.490 e. The fourth-order valence-electron chi connectivity index (χ4n) is 3.87. The first-order chi connectivity index (χ1) is 15.3. The van der Waals surface area contributed by atoms with Gasteiger partial charge in [-0.05, 0) is 42.7 Å². The van der Waals surface area contributed by atoms with Gasteiger partial charge in [-0.15, -0.1) is 0 Å². The molecule has 4 aromatic rings. The number of hydrogen-bond acceptors (Lipinski definition) is 5. The van der Waals surface area contributed by atoms with Crippen LogP contribution in [0.25, 0.3) is 32.9 Å². The van der Waals surface area contributed by atoms with Crippen LogP contribution in [0.1, 0.15) is 11.1 Å². The summed E-state index contributed by atoms with van der Waals surface area (Å²) in [6, 6.07) is 10.7. The van der Waals surface area contributed by atoms with E-state index in [0.29, 0.717) is 5.95 Å². The molecule has 0 aliphatic rings. The number of carboxylic acid groups (broad SMARTS) is 1. The maximum atomic E-state index is 10.6. The van der Waals surface area contributed by atoms with Crippen molar-refractivity contribution in [3.05, 3.63) is 47.7 Å². The van der Waals surface area contributed by atoms with Gasteiger partial charge in [0.2, 0.25) is 5.95 Å². The Morgan fingerprint density at radius 1 is 1.12 bits per heavy atom. The van der Waals surface area contributed by atoms with Crippen molar-refractivity contribution in [3.8, 4) is 11.1 Å². The molecule has 4 rings (SSSR count). The highest BCUT2D eigenvalue weighted by Gasteiger charge is 2.38. The van der Waals surface area contributed by atoms with E-state index in [1.54, 1.807) is 0 Å². The summed E-state index contributed by atoms with van der Waals surface area (Å²) in [5.41, 5.74) is 13.0. The van der Waals surface area contributed by atoms with Gasteiger partial charge in [-0.1, -0.05) is 18.2 Å². The lowest BCUT2D eigenvalue weighted by Gasteiger charge is -2.18. The summed E-state index contributed by atoms with van der Waals surface area (Å²) >= 11 is 0. The zero-order chi connectivity index (χ0) is 24.7. The molecule has 2 aromatic carbocycles. The molecule has 174 valence electrons. The van der Waals surface area contributed by atoms with Crippen LogP contribution in [-0.4, -0.2) is 45.9 Å². The molecule has 0 saturated carbocycles. The van der Waals surface area contributed by atoms with E-state index in [9.17, 15) is 13.2 Å². The van der Waals surface area contributed by atoms with E-state index < -0.39 is 12.1 Å². The molecule has 0 unspecified atom stereocenters. The Labute approximate surface area is 188 Å². The van der Waals surface area contributed by atoms with Gasteiger partial charge in [-0.2, -0.15) is 18.2 Å². The summed E-state index contributed by atoms with van der Waals surface area (Å²) in [7, 11) is 6.05. The molecule has 0 bridgehead atoms. The summed E-state index contributed by atoms with van der Waals surface area (Å²) < 4.78 is 33.9. The molecular formula is C23H24F3N5O2. The van der Waals surface area contributed by atoms with E-state index in [4.69, 9.17) is 15.6 Å². The van der Waals surface area contributed by atoms with E-state index in [0.717, 1.165) is 22.1 Å². The molecular weight excluding hydrogens is 435 g/mol. The molecule has 33 heavy (non-hydrogen) atoms. The van der Waals surface area contributed by atoms with Crippen molar-refractivity contribution in [2.24, 2.45) is 7.05 Å². The van der Waals surface area contributed by atoms with Crippen LogP contribution in [0, 0.1) is 13.8 Å². The van der Waals surface area contributed by atoms with Crippen molar-refractivity contribution in [1.29, 1.82) is 0 Å². The summed E-state index contributed by atoms with van der Waals surface area (Å²) in [6.45, 7) is 4.31. The van der Waals surface area contributed by atoms with Crippen LogP contribution >= 0.6 is 0 Å².